The maximum absolute atomic E-state index is 12.5. The lowest BCUT2D eigenvalue weighted by molar-refractivity contribution is 0.0713. The summed E-state index contributed by atoms with van der Waals surface area (Å²) in [5.41, 5.74) is 0.662. The molecule has 1 aliphatic rings. The summed E-state index contributed by atoms with van der Waals surface area (Å²) >= 11 is 7.67. The second-order valence-electron chi connectivity index (χ2n) is 5.46. The van der Waals surface area contributed by atoms with Crippen molar-refractivity contribution in [3.63, 3.8) is 0 Å². The van der Waals surface area contributed by atoms with Crippen LogP contribution in [0.15, 0.2) is 24.3 Å². The number of hydrogen-bond donors (Lipinski definition) is 0. The number of benzene rings is 1. The van der Waals surface area contributed by atoms with Gasteiger partial charge in [-0.15, -0.1) is 21.5 Å². The first kappa shape index (κ1) is 15.4. The average molecular weight is 336 g/mol. The molecule has 1 saturated heterocycles. The average Bonchev–Trinajstić information content (AvgIpc) is 3.03. The summed E-state index contributed by atoms with van der Waals surface area (Å²) < 4.78 is 0. The SMILES string of the molecule is CCc1nnc(C2CCN(C(=O)c3cccc(Cl)c3)CC2)s1. The zero-order chi connectivity index (χ0) is 15.5. The van der Waals surface area contributed by atoms with E-state index in [-0.39, 0.29) is 5.91 Å². The fraction of sp³-hybridized carbons (Fsp3) is 0.438. The van der Waals surface area contributed by atoms with Crippen molar-refractivity contribution >= 4 is 28.8 Å². The van der Waals surface area contributed by atoms with Gasteiger partial charge in [0, 0.05) is 29.6 Å². The van der Waals surface area contributed by atoms with E-state index in [4.69, 9.17) is 11.6 Å². The summed E-state index contributed by atoms with van der Waals surface area (Å²) in [6.45, 7) is 3.62. The third-order valence-corrected chi connectivity index (χ3v) is 5.45. The van der Waals surface area contributed by atoms with Gasteiger partial charge in [0.05, 0.1) is 0 Å². The van der Waals surface area contributed by atoms with Crippen molar-refractivity contribution in [3.05, 3.63) is 44.9 Å². The summed E-state index contributed by atoms with van der Waals surface area (Å²) in [4.78, 5) is 14.4. The van der Waals surface area contributed by atoms with Crippen molar-refractivity contribution in [2.45, 2.75) is 32.1 Å². The lowest BCUT2D eigenvalue weighted by Crippen LogP contribution is -2.37. The first-order valence-electron chi connectivity index (χ1n) is 7.54. The lowest BCUT2D eigenvalue weighted by Gasteiger charge is -2.31. The number of hydrogen-bond acceptors (Lipinski definition) is 4. The Hall–Kier alpha value is -1.46. The molecular formula is C16H18ClN3OS. The van der Waals surface area contributed by atoms with E-state index in [1.165, 1.54) is 0 Å². The highest BCUT2D eigenvalue weighted by Crippen LogP contribution is 2.30. The van der Waals surface area contributed by atoms with Crippen LogP contribution in [0.5, 0.6) is 0 Å². The first-order chi connectivity index (χ1) is 10.7. The Labute approximate surface area is 139 Å². The van der Waals surface area contributed by atoms with Crippen molar-refractivity contribution < 1.29 is 4.79 Å². The van der Waals surface area contributed by atoms with Gasteiger partial charge < -0.3 is 4.90 Å². The van der Waals surface area contributed by atoms with Crippen LogP contribution in [0.3, 0.4) is 0 Å². The molecule has 0 bridgehead atoms. The maximum atomic E-state index is 12.5. The van der Waals surface area contributed by atoms with Gasteiger partial charge in [0.2, 0.25) is 0 Å². The molecular weight excluding hydrogens is 318 g/mol. The molecule has 6 heteroatoms. The van der Waals surface area contributed by atoms with Crippen molar-refractivity contribution in [3.8, 4) is 0 Å². The summed E-state index contributed by atoms with van der Waals surface area (Å²) in [6.07, 6.45) is 2.83. The number of amides is 1. The quantitative estimate of drug-likeness (QED) is 0.857. The number of carbonyl (C=O) groups excluding carboxylic acids is 1. The van der Waals surface area contributed by atoms with Crippen LogP contribution in [0.4, 0.5) is 0 Å². The molecule has 4 nitrogen and oxygen atoms in total. The topological polar surface area (TPSA) is 46.1 Å². The van der Waals surface area contributed by atoms with Crippen molar-refractivity contribution in [2.24, 2.45) is 0 Å². The number of aryl methyl sites for hydroxylation is 1. The monoisotopic (exact) mass is 335 g/mol. The highest BCUT2D eigenvalue weighted by molar-refractivity contribution is 7.11. The van der Waals surface area contributed by atoms with E-state index in [0.29, 0.717) is 16.5 Å². The van der Waals surface area contributed by atoms with Gasteiger partial charge in [0.15, 0.2) is 0 Å². The van der Waals surface area contributed by atoms with E-state index in [9.17, 15) is 4.79 Å². The van der Waals surface area contributed by atoms with E-state index in [2.05, 4.69) is 17.1 Å². The molecule has 1 aliphatic heterocycles. The molecule has 3 rings (SSSR count). The summed E-state index contributed by atoms with van der Waals surface area (Å²) in [7, 11) is 0. The van der Waals surface area contributed by atoms with Crippen molar-refractivity contribution in [2.75, 3.05) is 13.1 Å². The third-order valence-electron chi connectivity index (χ3n) is 3.99. The molecule has 2 aromatic rings. The molecule has 0 spiro atoms. The Morgan fingerprint density at radius 2 is 2.14 bits per heavy atom. The molecule has 1 fully saturated rings. The smallest absolute Gasteiger partial charge is 0.253 e. The standard InChI is InChI=1S/C16H18ClN3OS/c1-2-14-18-19-15(22-14)11-6-8-20(9-7-11)16(21)12-4-3-5-13(17)10-12/h3-5,10-11H,2,6-9H2,1H3. The van der Waals surface area contributed by atoms with E-state index in [0.717, 1.165) is 42.4 Å². The largest absolute Gasteiger partial charge is 0.339 e. The normalized spacial score (nSPS) is 16.0. The van der Waals surface area contributed by atoms with Crippen LogP contribution in [-0.4, -0.2) is 34.1 Å². The van der Waals surface area contributed by atoms with Gasteiger partial charge in [-0.2, -0.15) is 0 Å². The van der Waals surface area contributed by atoms with Crippen LogP contribution in [0.1, 0.15) is 46.1 Å². The van der Waals surface area contributed by atoms with Crippen LogP contribution in [0.2, 0.25) is 5.02 Å². The Balaban J connectivity index is 1.62. The first-order valence-corrected chi connectivity index (χ1v) is 8.74. The summed E-state index contributed by atoms with van der Waals surface area (Å²) in [5.74, 6) is 0.494. The molecule has 0 radical (unpaired) electrons. The second kappa shape index (κ2) is 6.75. The molecule has 1 amide bonds. The summed E-state index contributed by atoms with van der Waals surface area (Å²) in [5, 5.41) is 11.3. The minimum absolute atomic E-state index is 0.0625. The zero-order valence-corrected chi connectivity index (χ0v) is 14.0. The van der Waals surface area contributed by atoms with Crippen LogP contribution >= 0.6 is 22.9 Å². The Morgan fingerprint density at radius 1 is 1.36 bits per heavy atom. The Bertz CT molecular complexity index is 665. The number of piperidine rings is 1. The van der Waals surface area contributed by atoms with Gasteiger partial charge in [-0.1, -0.05) is 24.6 Å². The lowest BCUT2D eigenvalue weighted by atomic mass is 9.97. The number of halogens is 1. The van der Waals surface area contributed by atoms with Gasteiger partial charge in [0.25, 0.3) is 5.91 Å². The number of nitrogens with zero attached hydrogens (tertiary/aromatic N) is 3. The molecule has 22 heavy (non-hydrogen) atoms. The molecule has 0 saturated carbocycles. The van der Waals surface area contributed by atoms with Gasteiger partial charge in [-0.3, -0.25) is 4.79 Å². The molecule has 0 aliphatic carbocycles. The van der Waals surface area contributed by atoms with E-state index >= 15 is 0 Å². The fourth-order valence-electron chi connectivity index (χ4n) is 2.71. The highest BCUT2D eigenvalue weighted by Gasteiger charge is 2.26. The summed E-state index contributed by atoms with van der Waals surface area (Å²) in [6, 6.07) is 7.15. The molecule has 2 heterocycles. The Morgan fingerprint density at radius 3 is 2.77 bits per heavy atom. The highest BCUT2D eigenvalue weighted by atomic mass is 35.5. The zero-order valence-electron chi connectivity index (χ0n) is 12.5. The van der Waals surface area contributed by atoms with E-state index in [1.54, 1.807) is 23.5 Å². The molecule has 0 N–H and O–H groups in total. The van der Waals surface area contributed by atoms with Gasteiger partial charge >= 0.3 is 0 Å². The number of rotatable bonds is 3. The van der Waals surface area contributed by atoms with E-state index in [1.807, 2.05) is 17.0 Å². The molecule has 1 aromatic heterocycles. The van der Waals surface area contributed by atoms with Gasteiger partial charge in [-0.05, 0) is 37.5 Å². The molecule has 0 unspecified atom stereocenters. The number of likely N-dealkylation sites (tertiary alicyclic amines) is 1. The van der Waals surface area contributed by atoms with Crippen LogP contribution in [0.25, 0.3) is 0 Å². The van der Waals surface area contributed by atoms with Crippen LogP contribution < -0.4 is 0 Å². The predicted molar refractivity (Wildman–Crippen MR) is 88.6 cm³/mol. The molecule has 116 valence electrons. The molecule has 1 aromatic carbocycles. The predicted octanol–water partition coefficient (Wildman–Crippen LogP) is 3.77. The van der Waals surface area contributed by atoms with E-state index < -0.39 is 0 Å². The number of aromatic nitrogens is 2. The second-order valence-corrected chi connectivity index (χ2v) is 6.99. The Kier molecular flexibility index (Phi) is 4.74. The number of carbonyl (C=O) groups is 1. The van der Waals surface area contributed by atoms with Crippen LogP contribution in [-0.2, 0) is 6.42 Å². The molecule has 0 atom stereocenters. The minimum Gasteiger partial charge on any atom is -0.339 e. The third kappa shape index (κ3) is 3.31. The van der Waals surface area contributed by atoms with Crippen molar-refractivity contribution in [1.82, 2.24) is 15.1 Å². The van der Waals surface area contributed by atoms with Gasteiger partial charge in [-0.25, -0.2) is 0 Å². The minimum atomic E-state index is 0.0625. The maximum Gasteiger partial charge on any atom is 0.253 e. The van der Waals surface area contributed by atoms with Crippen LogP contribution in [0, 0.1) is 0 Å². The fourth-order valence-corrected chi connectivity index (χ4v) is 3.85. The van der Waals surface area contributed by atoms with Gasteiger partial charge in [0.1, 0.15) is 10.0 Å². The van der Waals surface area contributed by atoms with Crippen molar-refractivity contribution in [1.29, 1.82) is 0 Å².